The molecule has 1 aromatic heterocycles. The van der Waals surface area contributed by atoms with Crippen molar-refractivity contribution in [3.8, 4) is 17.0 Å². The van der Waals surface area contributed by atoms with Crippen molar-refractivity contribution in [1.29, 1.82) is 0 Å². The van der Waals surface area contributed by atoms with Gasteiger partial charge in [-0.25, -0.2) is 4.98 Å². The molecule has 4 aromatic rings. The molecule has 0 fully saturated rings. The van der Waals surface area contributed by atoms with Gasteiger partial charge in [0.2, 0.25) is 5.13 Å². The van der Waals surface area contributed by atoms with Crippen molar-refractivity contribution in [3.05, 3.63) is 76.6 Å². The average molecular weight is 394 g/mol. The lowest BCUT2D eigenvalue weighted by Crippen LogP contribution is -1.90. The molecule has 0 bridgehead atoms. The third-order valence-corrected chi connectivity index (χ3v) is 5.05. The molecule has 0 amide bonds. The van der Waals surface area contributed by atoms with Gasteiger partial charge in [0.25, 0.3) is 0 Å². The molecule has 27 heavy (non-hydrogen) atoms. The van der Waals surface area contributed by atoms with E-state index >= 15 is 0 Å². The summed E-state index contributed by atoms with van der Waals surface area (Å²) in [4.78, 5) is 4.54. The van der Waals surface area contributed by atoms with Gasteiger partial charge in [0.1, 0.15) is 5.75 Å². The molecule has 6 heteroatoms. The van der Waals surface area contributed by atoms with Crippen molar-refractivity contribution in [2.24, 2.45) is 5.10 Å². The number of methoxy groups -OCH3 is 1. The van der Waals surface area contributed by atoms with E-state index in [2.05, 4.69) is 27.6 Å². The standard InChI is InChI=1S/C21H16ClN3OS/c1-26-19-8-7-15-9-14(5-6-16(15)11-19)12-23-25-21-24-20(13-27-21)17-3-2-4-18(22)10-17/h2-13H,1H3,(H,24,25)/b23-12+. The summed E-state index contributed by atoms with van der Waals surface area (Å²) in [6.45, 7) is 0. The number of thiazole rings is 1. The summed E-state index contributed by atoms with van der Waals surface area (Å²) in [5.74, 6) is 0.852. The number of nitrogens with zero attached hydrogens (tertiary/aromatic N) is 2. The number of aromatic nitrogens is 1. The van der Waals surface area contributed by atoms with Crippen LogP contribution in [0.3, 0.4) is 0 Å². The fourth-order valence-electron chi connectivity index (χ4n) is 2.72. The van der Waals surface area contributed by atoms with E-state index in [0.717, 1.165) is 38.5 Å². The van der Waals surface area contributed by atoms with Crippen LogP contribution in [0.25, 0.3) is 22.0 Å². The van der Waals surface area contributed by atoms with E-state index in [0.29, 0.717) is 5.02 Å². The number of ether oxygens (including phenoxy) is 1. The first-order valence-corrected chi connectivity index (χ1v) is 9.55. The van der Waals surface area contributed by atoms with Gasteiger partial charge in [0.15, 0.2) is 0 Å². The fraction of sp³-hybridized carbons (Fsp3) is 0.0476. The van der Waals surface area contributed by atoms with Crippen LogP contribution in [0.2, 0.25) is 5.02 Å². The van der Waals surface area contributed by atoms with E-state index in [9.17, 15) is 0 Å². The number of hydrazone groups is 1. The van der Waals surface area contributed by atoms with Crippen molar-refractivity contribution >= 4 is 45.1 Å². The van der Waals surface area contributed by atoms with Gasteiger partial charge in [0.05, 0.1) is 19.0 Å². The highest BCUT2D eigenvalue weighted by Gasteiger charge is 2.04. The number of fused-ring (bicyclic) bond motifs is 1. The predicted molar refractivity (Wildman–Crippen MR) is 114 cm³/mol. The Morgan fingerprint density at radius 3 is 2.78 bits per heavy atom. The van der Waals surface area contributed by atoms with Crippen molar-refractivity contribution in [1.82, 2.24) is 4.98 Å². The van der Waals surface area contributed by atoms with Crippen molar-refractivity contribution in [2.75, 3.05) is 12.5 Å². The lowest BCUT2D eigenvalue weighted by Gasteiger charge is -2.03. The van der Waals surface area contributed by atoms with Gasteiger partial charge in [-0.2, -0.15) is 5.10 Å². The van der Waals surface area contributed by atoms with Crippen molar-refractivity contribution in [3.63, 3.8) is 0 Å². The summed E-state index contributed by atoms with van der Waals surface area (Å²) in [5, 5.41) is 9.97. The van der Waals surface area contributed by atoms with Crippen LogP contribution in [0, 0.1) is 0 Å². The molecule has 0 saturated heterocycles. The summed E-state index contributed by atoms with van der Waals surface area (Å²) in [7, 11) is 1.67. The van der Waals surface area contributed by atoms with Crippen molar-refractivity contribution in [2.45, 2.75) is 0 Å². The maximum atomic E-state index is 6.04. The summed E-state index contributed by atoms with van der Waals surface area (Å²) in [6.07, 6.45) is 1.78. The zero-order valence-corrected chi connectivity index (χ0v) is 16.1. The topological polar surface area (TPSA) is 46.5 Å². The monoisotopic (exact) mass is 393 g/mol. The largest absolute Gasteiger partial charge is 0.497 e. The molecule has 0 radical (unpaired) electrons. The number of halogens is 1. The Morgan fingerprint density at radius 1 is 1.07 bits per heavy atom. The first-order valence-electron chi connectivity index (χ1n) is 8.29. The molecule has 134 valence electrons. The molecule has 0 aliphatic rings. The molecule has 1 heterocycles. The molecule has 1 N–H and O–H groups in total. The van der Waals surface area contributed by atoms with E-state index in [4.69, 9.17) is 16.3 Å². The number of benzene rings is 3. The van der Waals surface area contributed by atoms with Crippen molar-refractivity contribution < 1.29 is 4.74 Å². The Morgan fingerprint density at radius 2 is 1.93 bits per heavy atom. The maximum absolute atomic E-state index is 6.04. The molecular weight excluding hydrogens is 378 g/mol. The molecule has 0 atom stereocenters. The number of hydrogen-bond donors (Lipinski definition) is 1. The van der Waals surface area contributed by atoms with Crippen LogP contribution >= 0.6 is 22.9 Å². The third kappa shape index (κ3) is 4.10. The lowest BCUT2D eigenvalue weighted by molar-refractivity contribution is 0.415. The molecule has 0 unspecified atom stereocenters. The van der Waals surface area contributed by atoms with Gasteiger partial charge in [-0.15, -0.1) is 11.3 Å². The highest BCUT2D eigenvalue weighted by atomic mass is 35.5. The minimum atomic E-state index is 0.696. The van der Waals surface area contributed by atoms with Crippen LogP contribution in [0.1, 0.15) is 5.56 Å². The molecule has 0 spiro atoms. The van der Waals surface area contributed by atoms with Gasteiger partial charge in [-0.3, -0.25) is 5.43 Å². The highest BCUT2D eigenvalue weighted by molar-refractivity contribution is 7.14. The van der Waals surface area contributed by atoms with Gasteiger partial charge < -0.3 is 4.74 Å². The molecular formula is C21H16ClN3OS. The second-order valence-corrected chi connectivity index (χ2v) is 7.19. The number of rotatable bonds is 5. The molecule has 0 aliphatic heterocycles. The minimum Gasteiger partial charge on any atom is -0.497 e. The average Bonchev–Trinajstić information content (AvgIpc) is 3.16. The second kappa shape index (κ2) is 7.78. The summed E-state index contributed by atoms with van der Waals surface area (Å²) < 4.78 is 5.26. The van der Waals surface area contributed by atoms with Crippen LogP contribution in [-0.4, -0.2) is 18.3 Å². The Kier molecular flexibility index (Phi) is 5.05. The van der Waals surface area contributed by atoms with E-state index in [-0.39, 0.29) is 0 Å². The first kappa shape index (κ1) is 17.5. The normalized spacial score (nSPS) is 11.2. The number of hydrogen-bond acceptors (Lipinski definition) is 5. The molecule has 3 aromatic carbocycles. The smallest absolute Gasteiger partial charge is 0.203 e. The van der Waals surface area contributed by atoms with E-state index in [1.54, 1.807) is 13.3 Å². The van der Waals surface area contributed by atoms with E-state index < -0.39 is 0 Å². The van der Waals surface area contributed by atoms with Crippen LogP contribution < -0.4 is 10.2 Å². The Bertz CT molecular complexity index is 1120. The fourth-order valence-corrected chi connectivity index (χ4v) is 3.58. The van der Waals surface area contributed by atoms with E-state index in [1.165, 1.54) is 11.3 Å². The van der Waals surface area contributed by atoms with Crippen LogP contribution in [-0.2, 0) is 0 Å². The third-order valence-electron chi connectivity index (χ3n) is 4.07. The summed E-state index contributed by atoms with van der Waals surface area (Å²) >= 11 is 7.54. The molecule has 0 aliphatic carbocycles. The predicted octanol–water partition coefficient (Wildman–Crippen LogP) is 6.07. The van der Waals surface area contributed by atoms with Gasteiger partial charge >= 0.3 is 0 Å². The number of nitrogens with one attached hydrogen (secondary N) is 1. The Hall–Kier alpha value is -2.89. The maximum Gasteiger partial charge on any atom is 0.203 e. The quantitative estimate of drug-likeness (QED) is 0.330. The van der Waals surface area contributed by atoms with E-state index in [1.807, 2.05) is 53.9 Å². The molecule has 0 saturated carbocycles. The Balaban J connectivity index is 1.47. The number of anilines is 1. The van der Waals surface area contributed by atoms with Gasteiger partial charge in [0, 0.05) is 16.0 Å². The molecule has 4 rings (SSSR count). The van der Waals surface area contributed by atoms with Crippen LogP contribution in [0.15, 0.2) is 71.1 Å². The zero-order chi connectivity index (χ0) is 18.6. The van der Waals surface area contributed by atoms with Crippen LogP contribution in [0.5, 0.6) is 5.75 Å². The lowest BCUT2D eigenvalue weighted by atomic mass is 10.1. The molecule has 4 nitrogen and oxygen atoms in total. The SMILES string of the molecule is COc1ccc2cc(/C=N/Nc3nc(-c4cccc(Cl)c4)cs3)ccc2c1. The summed E-state index contributed by atoms with van der Waals surface area (Å²) in [5.41, 5.74) is 5.86. The van der Waals surface area contributed by atoms with Gasteiger partial charge in [-0.1, -0.05) is 41.9 Å². The highest BCUT2D eigenvalue weighted by Crippen LogP contribution is 2.27. The van der Waals surface area contributed by atoms with Crippen LogP contribution in [0.4, 0.5) is 5.13 Å². The van der Waals surface area contributed by atoms with Gasteiger partial charge in [-0.05, 0) is 46.7 Å². The summed E-state index contributed by atoms with van der Waals surface area (Å²) in [6, 6.07) is 19.8. The first-order chi connectivity index (χ1) is 13.2. The minimum absolute atomic E-state index is 0.696. The Labute approximate surface area is 166 Å². The zero-order valence-electron chi connectivity index (χ0n) is 14.5. The second-order valence-electron chi connectivity index (χ2n) is 5.89.